The van der Waals surface area contributed by atoms with Gasteiger partial charge in [0.05, 0.1) is 0 Å². The Labute approximate surface area is 56.2 Å². The van der Waals surface area contributed by atoms with Crippen molar-refractivity contribution < 1.29 is 0 Å². The van der Waals surface area contributed by atoms with Gasteiger partial charge in [-0.2, -0.15) is 0 Å². The van der Waals surface area contributed by atoms with Crippen LogP contribution in [0.5, 0.6) is 0 Å². The minimum atomic E-state index is 0.789. The summed E-state index contributed by atoms with van der Waals surface area (Å²) in [5.41, 5.74) is 0. The van der Waals surface area contributed by atoms with Gasteiger partial charge in [-0.25, -0.2) is 0 Å². The summed E-state index contributed by atoms with van der Waals surface area (Å²) < 4.78 is 0. The lowest BCUT2D eigenvalue weighted by molar-refractivity contribution is 0.248. The molecule has 0 aliphatic carbocycles. The molecule has 0 aromatic rings. The lowest BCUT2D eigenvalue weighted by atomic mass is 10.2. The van der Waals surface area contributed by atoms with Crippen LogP contribution >= 0.6 is 0 Å². The van der Waals surface area contributed by atoms with Crippen molar-refractivity contribution in [3.8, 4) is 0 Å². The molecule has 0 saturated carbocycles. The second-order valence-electron chi connectivity index (χ2n) is 2.99. The molecule has 2 nitrogen and oxygen atoms in total. The Hall–Kier alpha value is -0.0800. The zero-order valence-electron chi connectivity index (χ0n) is 5.64. The van der Waals surface area contributed by atoms with Crippen molar-refractivity contribution in [3.63, 3.8) is 0 Å². The van der Waals surface area contributed by atoms with Crippen molar-refractivity contribution in [1.82, 2.24) is 10.2 Å². The van der Waals surface area contributed by atoms with Crippen LogP contribution < -0.4 is 5.32 Å². The van der Waals surface area contributed by atoms with Gasteiger partial charge in [0.25, 0.3) is 0 Å². The first-order valence-electron chi connectivity index (χ1n) is 3.67. The van der Waals surface area contributed by atoms with E-state index in [0.717, 1.165) is 18.6 Å². The molecule has 51 valence electrons. The van der Waals surface area contributed by atoms with Crippen LogP contribution in [0.2, 0.25) is 0 Å². The smallest absolute Gasteiger partial charge is 0.0236 e. The number of nitrogens with one attached hydrogen (secondary N) is 1. The molecular formula is C7H13N2. The summed E-state index contributed by atoms with van der Waals surface area (Å²) in [6.07, 6.45) is 1.36. The maximum absolute atomic E-state index is 3.88. The van der Waals surface area contributed by atoms with Crippen LogP contribution in [0.15, 0.2) is 0 Å². The largest absolute Gasteiger partial charge is 0.311 e. The van der Waals surface area contributed by atoms with Gasteiger partial charge in [0.15, 0.2) is 0 Å². The Morgan fingerprint density at radius 3 is 2.89 bits per heavy atom. The number of fused-ring (bicyclic) bond motifs is 2. The van der Waals surface area contributed by atoms with Crippen LogP contribution in [0, 0.1) is 6.92 Å². The van der Waals surface area contributed by atoms with Gasteiger partial charge in [-0.15, -0.1) is 0 Å². The summed E-state index contributed by atoms with van der Waals surface area (Å²) in [4.78, 5) is 2.46. The quantitative estimate of drug-likeness (QED) is 0.525. The Balaban J connectivity index is 2.01. The monoisotopic (exact) mass is 125 g/mol. The maximum atomic E-state index is 3.88. The first kappa shape index (κ1) is 5.69. The predicted octanol–water partition coefficient (Wildman–Crippen LogP) is -0.133. The first-order valence-corrected chi connectivity index (χ1v) is 3.67. The van der Waals surface area contributed by atoms with E-state index in [9.17, 15) is 0 Å². The highest BCUT2D eigenvalue weighted by Gasteiger charge is 2.36. The molecule has 1 N–H and O–H groups in total. The standard InChI is InChI=1S/C7H13N2/c1-2-9-5-6-3-7(9)4-8-6/h6-8H,1-5H2. The fraction of sp³-hybridized carbons (Fsp3) is 0.857. The minimum absolute atomic E-state index is 0.789. The van der Waals surface area contributed by atoms with Crippen LogP contribution in [0.1, 0.15) is 6.42 Å². The molecule has 2 saturated heterocycles. The molecule has 0 amide bonds. The third-order valence-electron chi connectivity index (χ3n) is 2.46. The summed E-state index contributed by atoms with van der Waals surface area (Å²) in [6.45, 7) is 7.30. The molecule has 2 fully saturated rings. The summed E-state index contributed by atoms with van der Waals surface area (Å²) in [5.74, 6) is 0. The molecule has 0 aromatic carbocycles. The van der Waals surface area contributed by atoms with E-state index in [2.05, 4.69) is 17.1 Å². The van der Waals surface area contributed by atoms with E-state index < -0.39 is 0 Å². The van der Waals surface area contributed by atoms with Gasteiger partial charge in [0.1, 0.15) is 0 Å². The summed E-state index contributed by atoms with van der Waals surface area (Å²) in [5, 5.41) is 3.45. The van der Waals surface area contributed by atoms with Crippen molar-refractivity contribution >= 4 is 0 Å². The average Bonchev–Trinajstić information content (AvgIpc) is 2.45. The number of hydrogen-bond donors (Lipinski definition) is 1. The molecule has 1 radical (unpaired) electrons. The van der Waals surface area contributed by atoms with Gasteiger partial charge in [-0.3, -0.25) is 4.90 Å². The number of rotatable bonds is 1. The highest BCUT2D eigenvalue weighted by atomic mass is 15.3. The Morgan fingerprint density at radius 2 is 2.56 bits per heavy atom. The molecule has 2 heterocycles. The summed E-state index contributed by atoms with van der Waals surface area (Å²) in [6, 6.07) is 1.60. The van der Waals surface area contributed by atoms with E-state index in [4.69, 9.17) is 0 Å². The summed E-state index contributed by atoms with van der Waals surface area (Å²) in [7, 11) is 0. The normalized spacial score (nSPS) is 42.3. The SMILES string of the molecule is [CH2]CN1CC2CC1CN2. The third-order valence-corrected chi connectivity index (χ3v) is 2.46. The maximum Gasteiger partial charge on any atom is 0.0236 e. The molecule has 2 bridgehead atoms. The topological polar surface area (TPSA) is 15.3 Å². The molecule has 2 aliphatic rings. The minimum Gasteiger partial charge on any atom is -0.311 e. The second kappa shape index (κ2) is 1.96. The zero-order valence-corrected chi connectivity index (χ0v) is 5.64. The van der Waals surface area contributed by atoms with Crippen molar-refractivity contribution in [3.05, 3.63) is 6.92 Å². The van der Waals surface area contributed by atoms with Gasteiger partial charge in [0, 0.05) is 25.2 Å². The van der Waals surface area contributed by atoms with Gasteiger partial charge >= 0.3 is 0 Å². The molecule has 2 heteroatoms. The summed E-state index contributed by atoms with van der Waals surface area (Å²) >= 11 is 0. The van der Waals surface area contributed by atoms with Crippen LogP contribution in [-0.2, 0) is 0 Å². The van der Waals surface area contributed by atoms with E-state index in [0.29, 0.717) is 0 Å². The van der Waals surface area contributed by atoms with Crippen molar-refractivity contribution in [2.75, 3.05) is 19.6 Å². The van der Waals surface area contributed by atoms with Crippen LogP contribution in [-0.4, -0.2) is 36.6 Å². The van der Waals surface area contributed by atoms with E-state index >= 15 is 0 Å². The van der Waals surface area contributed by atoms with E-state index in [-0.39, 0.29) is 0 Å². The molecule has 2 unspecified atom stereocenters. The van der Waals surface area contributed by atoms with Gasteiger partial charge in [-0.1, -0.05) is 0 Å². The Kier molecular flexibility index (Phi) is 1.24. The number of hydrogen-bond acceptors (Lipinski definition) is 2. The van der Waals surface area contributed by atoms with Gasteiger partial charge in [0.2, 0.25) is 0 Å². The van der Waals surface area contributed by atoms with Crippen molar-refractivity contribution in [2.24, 2.45) is 0 Å². The average molecular weight is 125 g/mol. The van der Waals surface area contributed by atoms with E-state index in [1.165, 1.54) is 19.5 Å². The van der Waals surface area contributed by atoms with Crippen LogP contribution in [0.4, 0.5) is 0 Å². The zero-order chi connectivity index (χ0) is 6.27. The molecule has 2 atom stereocenters. The number of likely N-dealkylation sites (tertiary alicyclic amines) is 1. The highest BCUT2D eigenvalue weighted by Crippen LogP contribution is 2.21. The Morgan fingerprint density at radius 1 is 1.67 bits per heavy atom. The molecular weight excluding hydrogens is 112 g/mol. The van der Waals surface area contributed by atoms with Crippen LogP contribution in [0.25, 0.3) is 0 Å². The first-order chi connectivity index (χ1) is 4.40. The lowest BCUT2D eigenvalue weighted by Crippen LogP contribution is -2.43. The fourth-order valence-electron chi connectivity index (χ4n) is 1.92. The van der Waals surface area contributed by atoms with E-state index in [1.807, 2.05) is 0 Å². The fourth-order valence-corrected chi connectivity index (χ4v) is 1.92. The molecule has 2 aliphatic heterocycles. The third kappa shape index (κ3) is 0.775. The van der Waals surface area contributed by atoms with Crippen molar-refractivity contribution in [1.29, 1.82) is 0 Å². The highest BCUT2D eigenvalue weighted by molar-refractivity contribution is 4.97. The molecule has 9 heavy (non-hydrogen) atoms. The van der Waals surface area contributed by atoms with Crippen LogP contribution in [0.3, 0.4) is 0 Å². The molecule has 0 aromatic heterocycles. The Bertz CT molecular complexity index is 113. The van der Waals surface area contributed by atoms with Crippen molar-refractivity contribution in [2.45, 2.75) is 18.5 Å². The van der Waals surface area contributed by atoms with E-state index in [1.54, 1.807) is 0 Å². The molecule has 0 spiro atoms. The number of piperazine rings is 1. The predicted molar refractivity (Wildman–Crippen MR) is 37.1 cm³/mol. The second-order valence-corrected chi connectivity index (χ2v) is 2.99. The molecule has 2 rings (SSSR count). The van der Waals surface area contributed by atoms with Gasteiger partial charge < -0.3 is 5.32 Å². The van der Waals surface area contributed by atoms with Gasteiger partial charge in [-0.05, 0) is 19.9 Å². The number of nitrogens with zero attached hydrogens (tertiary/aromatic N) is 1. The lowest BCUT2D eigenvalue weighted by Gasteiger charge is -2.25.